The SMILES string of the molecule is CC1CCCCC12[C@H]1CC[C@H](C1)[C@H]2N. The second kappa shape index (κ2) is 2.98. The average molecular weight is 193 g/mol. The molecule has 1 heteroatoms. The summed E-state index contributed by atoms with van der Waals surface area (Å²) >= 11 is 0. The fourth-order valence-corrected chi connectivity index (χ4v) is 5.04. The van der Waals surface area contributed by atoms with E-state index in [0.717, 1.165) is 17.8 Å². The minimum Gasteiger partial charge on any atom is -0.327 e. The lowest BCUT2D eigenvalue weighted by Gasteiger charge is -2.49. The maximum atomic E-state index is 6.52. The lowest BCUT2D eigenvalue weighted by molar-refractivity contribution is 0.0201. The smallest absolute Gasteiger partial charge is 0.0129 e. The second-order valence-electron chi connectivity index (χ2n) is 6.06. The Bertz CT molecular complexity index is 233. The molecule has 3 saturated carbocycles. The van der Waals surface area contributed by atoms with Crippen molar-refractivity contribution in [1.29, 1.82) is 0 Å². The number of nitrogens with two attached hydrogens (primary N) is 1. The van der Waals surface area contributed by atoms with Crippen LogP contribution in [0.15, 0.2) is 0 Å². The Hall–Kier alpha value is -0.0400. The van der Waals surface area contributed by atoms with E-state index in [1.807, 2.05) is 0 Å². The number of hydrogen-bond acceptors (Lipinski definition) is 1. The third-order valence-electron chi connectivity index (χ3n) is 5.78. The lowest BCUT2D eigenvalue weighted by Crippen LogP contribution is -2.51. The van der Waals surface area contributed by atoms with Gasteiger partial charge in [-0.1, -0.05) is 26.2 Å². The second-order valence-corrected chi connectivity index (χ2v) is 6.06. The summed E-state index contributed by atoms with van der Waals surface area (Å²) in [6.45, 7) is 2.47. The molecule has 14 heavy (non-hydrogen) atoms. The lowest BCUT2D eigenvalue weighted by atomic mass is 9.57. The zero-order chi connectivity index (χ0) is 9.76. The summed E-state index contributed by atoms with van der Waals surface area (Å²) in [5, 5.41) is 0. The van der Waals surface area contributed by atoms with Gasteiger partial charge in [0.05, 0.1) is 0 Å². The average Bonchev–Trinajstić information content (AvgIpc) is 2.74. The standard InChI is InChI=1S/C13H23N/c1-9-4-2-3-7-13(9)11-6-5-10(8-11)12(13)14/h9-12H,2-8,14H2,1H3/t9?,10-,11+,12-,13?/m1/s1. The molecule has 3 fully saturated rings. The molecular formula is C13H23N. The Morgan fingerprint density at radius 3 is 2.64 bits per heavy atom. The van der Waals surface area contributed by atoms with Crippen molar-refractivity contribution in [3.63, 3.8) is 0 Å². The molecule has 0 heterocycles. The molecule has 3 aliphatic carbocycles. The summed E-state index contributed by atoms with van der Waals surface area (Å²) in [5.74, 6) is 2.79. The van der Waals surface area contributed by atoms with Crippen LogP contribution in [0, 0.1) is 23.2 Å². The van der Waals surface area contributed by atoms with Crippen molar-refractivity contribution in [2.24, 2.45) is 28.9 Å². The van der Waals surface area contributed by atoms with Gasteiger partial charge in [0.1, 0.15) is 0 Å². The number of hydrogen-bond donors (Lipinski definition) is 1. The molecule has 0 aromatic rings. The summed E-state index contributed by atoms with van der Waals surface area (Å²) in [6.07, 6.45) is 10.2. The van der Waals surface area contributed by atoms with Gasteiger partial charge in [-0.3, -0.25) is 0 Å². The maximum absolute atomic E-state index is 6.52. The van der Waals surface area contributed by atoms with Gasteiger partial charge in [0.25, 0.3) is 0 Å². The topological polar surface area (TPSA) is 26.0 Å². The van der Waals surface area contributed by atoms with Crippen LogP contribution in [0.3, 0.4) is 0 Å². The third kappa shape index (κ3) is 0.946. The van der Waals surface area contributed by atoms with Gasteiger partial charge in [-0.05, 0) is 48.9 Å². The summed E-state index contributed by atoms with van der Waals surface area (Å²) in [7, 11) is 0. The van der Waals surface area contributed by atoms with Crippen LogP contribution in [0.1, 0.15) is 51.9 Å². The highest BCUT2D eigenvalue weighted by atomic mass is 14.8. The molecular weight excluding hydrogens is 170 g/mol. The van der Waals surface area contributed by atoms with E-state index in [9.17, 15) is 0 Å². The molecule has 80 valence electrons. The van der Waals surface area contributed by atoms with Crippen molar-refractivity contribution in [2.75, 3.05) is 0 Å². The van der Waals surface area contributed by atoms with E-state index in [-0.39, 0.29) is 0 Å². The van der Waals surface area contributed by atoms with Crippen LogP contribution < -0.4 is 5.73 Å². The first kappa shape index (κ1) is 9.21. The van der Waals surface area contributed by atoms with Crippen LogP contribution in [0.2, 0.25) is 0 Å². The molecule has 0 aliphatic heterocycles. The van der Waals surface area contributed by atoms with Crippen LogP contribution in [-0.4, -0.2) is 6.04 Å². The molecule has 1 nitrogen and oxygen atoms in total. The zero-order valence-electron chi connectivity index (χ0n) is 9.34. The Morgan fingerprint density at radius 1 is 1.14 bits per heavy atom. The molecule has 0 aromatic carbocycles. The highest BCUT2D eigenvalue weighted by Crippen LogP contribution is 2.62. The molecule has 0 saturated heterocycles. The molecule has 2 unspecified atom stereocenters. The van der Waals surface area contributed by atoms with Gasteiger partial charge >= 0.3 is 0 Å². The van der Waals surface area contributed by atoms with Crippen LogP contribution in [0.25, 0.3) is 0 Å². The number of rotatable bonds is 0. The molecule has 0 aromatic heterocycles. The summed E-state index contributed by atoms with van der Waals surface area (Å²) < 4.78 is 0. The predicted molar refractivity (Wildman–Crippen MR) is 58.9 cm³/mol. The molecule has 2 bridgehead atoms. The van der Waals surface area contributed by atoms with Crippen molar-refractivity contribution < 1.29 is 0 Å². The van der Waals surface area contributed by atoms with Gasteiger partial charge in [-0.15, -0.1) is 0 Å². The van der Waals surface area contributed by atoms with Gasteiger partial charge in [0.15, 0.2) is 0 Å². The highest BCUT2D eigenvalue weighted by Gasteiger charge is 2.58. The van der Waals surface area contributed by atoms with E-state index in [2.05, 4.69) is 6.92 Å². The molecule has 2 N–H and O–H groups in total. The van der Waals surface area contributed by atoms with Gasteiger partial charge in [0.2, 0.25) is 0 Å². The Kier molecular flexibility index (Phi) is 1.96. The van der Waals surface area contributed by atoms with Crippen LogP contribution >= 0.6 is 0 Å². The Morgan fingerprint density at radius 2 is 2.00 bits per heavy atom. The Balaban J connectivity index is 1.93. The van der Waals surface area contributed by atoms with Gasteiger partial charge in [-0.2, -0.15) is 0 Å². The predicted octanol–water partition coefficient (Wildman–Crippen LogP) is 2.94. The van der Waals surface area contributed by atoms with Crippen LogP contribution in [-0.2, 0) is 0 Å². The van der Waals surface area contributed by atoms with E-state index in [0.29, 0.717) is 11.5 Å². The maximum Gasteiger partial charge on any atom is 0.0129 e. The van der Waals surface area contributed by atoms with Gasteiger partial charge < -0.3 is 5.73 Å². The summed E-state index contributed by atoms with van der Waals surface area (Å²) in [4.78, 5) is 0. The molecule has 0 radical (unpaired) electrons. The van der Waals surface area contributed by atoms with Crippen molar-refractivity contribution >= 4 is 0 Å². The molecule has 0 amide bonds. The van der Waals surface area contributed by atoms with Crippen molar-refractivity contribution in [3.8, 4) is 0 Å². The van der Waals surface area contributed by atoms with Gasteiger partial charge in [0, 0.05) is 6.04 Å². The molecule has 5 atom stereocenters. The highest BCUT2D eigenvalue weighted by molar-refractivity contribution is 5.11. The molecule has 3 rings (SSSR count). The first-order valence-corrected chi connectivity index (χ1v) is 6.50. The summed E-state index contributed by atoms with van der Waals surface area (Å²) in [5.41, 5.74) is 7.10. The zero-order valence-corrected chi connectivity index (χ0v) is 9.34. The van der Waals surface area contributed by atoms with Gasteiger partial charge in [-0.25, -0.2) is 0 Å². The molecule has 3 aliphatic rings. The first-order valence-electron chi connectivity index (χ1n) is 6.50. The first-order chi connectivity index (χ1) is 6.75. The number of fused-ring (bicyclic) bond motifs is 3. The van der Waals surface area contributed by atoms with Crippen molar-refractivity contribution in [1.82, 2.24) is 0 Å². The van der Waals surface area contributed by atoms with E-state index in [4.69, 9.17) is 5.73 Å². The van der Waals surface area contributed by atoms with E-state index in [1.54, 1.807) is 0 Å². The quantitative estimate of drug-likeness (QED) is 0.629. The van der Waals surface area contributed by atoms with Crippen molar-refractivity contribution in [2.45, 2.75) is 57.9 Å². The third-order valence-corrected chi connectivity index (χ3v) is 5.78. The minimum atomic E-state index is 0.552. The normalized spacial score (nSPS) is 57.0. The Labute approximate surface area is 87.4 Å². The van der Waals surface area contributed by atoms with Crippen LogP contribution in [0.5, 0.6) is 0 Å². The van der Waals surface area contributed by atoms with E-state index in [1.165, 1.54) is 44.9 Å². The fraction of sp³-hybridized carbons (Fsp3) is 1.00. The van der Waals surface area contributed by atoms with Crippen LogP contribution in [0.4, 0.5) is 0 Å². The van der Waals surface area contributed by atoms with Crippen molar-refractivity contribution in [3.05, 3.63) is 0 Å². The largest absolute Gasteiger partial charge is 0.327 e. The molecule has 1 spiro atoms. The fourth-order valence-electron chi connectivity index (χ4n) is 5.04. The van der Waals surface area contributed by atoms with E-state index < -0.39 is 0 Å². The monoisotopic (exact) mass is 193 g/mol. The minimum absolute atomic E-state index is 0.552. The van der Waals surface area contributed by atoms with E-state index >= 15 is 0 Å². The summed E-state index contributed by atoms with van der Waals surface area (Å²) in [6, 6.07) is 0.552.